The molecule has 0 spiro atoms. The zero-order valence-electron chi connectivity index (χ0n) is 13.9. The highest BCUT2D eigenvalue weighted by Crippen LogP contribution is 2.15. The largest absolute Gasteiger partial charge is 0.464 e. The van der Waals surface area contributed by atoms with Crippen LogP contribution in [0.4, 0.5) is 0 Å². The summed E-state index contributed by atoms with van der Waals surface area (Å²) in [6.45, 7) is 8.08. The minimum atomic E-state index is -0.214. The number of carbonyl (C=O) groups excluding carboxylic acids is 2. The van der Waals surface area contributed by atoms with Crippen LogP contribution in [0.25, 0.3) is 0 Å². The van der Waals surface area contributed by atoms with Crippen LogP contribution in [0.15, 0.2) is 28.7 Å². The number of hydrogen-bond donors (Lipinski definition) is 1. The van der Waals surface area contributed by atoms with E-state index < -0.39 is 0 Å². The number of thiophene rings is 1. The van der Waals surface area contributed by atoms with E-state index in [-0.39, 0.29) is 24.4 Å². The lowest BCUT2D eigenvalue weighted by molar-refractivity contribution is -0.132. The normalized spacial score (nSPS) is 10.8. The first-order valence-electron chi connectivity index (χ1n) is 7.56. The second-order valence-electron chi connectivity index (χ2n) is 5.72. The maximum Gasteiger partial charge on any atom is 0.261 e. The molecule has 0 aromatic carbocycles. The Bertz CT molecular complexity index is 688. The van der Waals surface area contributed by atoms with Crippen molar-refractivity contribution in [3.63, 3.8) is 0 Å². The summed E-state index contributed by atoms with van der Waals surface area (Å²) in [5.41, 5.74) is 0. The molecular weight excluding hydrogens is 312 g/mol. The Morgan fingerprint density at radius 3 is 2.48 bits per heavy atom. The van der Waals surface area contributed by atoms with Gasteiger partial charge in [0.2, 0.25) is 5.91 Å². The summed E-state index contributed by atoms with van der Waals surface area (Å²) in [6, 6.07) is 7.42. The fourth-order valence-corrected chi connectivity index (χ4v) is 2.98. The second kappa shape index (κ2) is 7.46. The van der Waals surface area contributed by atoms with E-state index in [1.54, 1.807) is 11.0 Å². The zero-order valence-corrected chi connectivity index (χ0v) is 14.7. The molecule has 0 saturated carbocycles. The van der Waals surface area contributed by atoms with Crippen LogP contribution in [0.1, 0.15) is 39.9 Å². The van der Waals surface area contributed by atoms with Crippen molar-refractivity contribution in [2.24, 2.45) is 0 Å². The number of furan rings is 1. The molecule has 0 fully saturated rings. The molecule has 2 rings (SSSR count). The van der Waals surface area contributed by atoms with E-state index in [1.165, 1.54) is 11.3 Å². The Kier molecular flexibility index (Phi) is 5.60. The van der Waals surface area contributed by atoms with Gasteiger partial charge in [-0.2, -0.15) is 0 Å². The number of carbonyl (C=O) groups is 2. The molecule has 2 aromatic rings. The van der Waals surface area contributed by atoms with Crippen molar-refractivity contribution in [2.45, 2.75) is 40.3 Å². The molecule has 0 radical (unpaired) electrons. The number of nitrogens with one attached hydrogen (secondary N) is 1. The fraction of sp³-hybridized carbons (Fsp3) is 0.412. The Labute approximate surface area is 140 Å². The zero-order chi connectivity index (χ0) is 17.0. The van der Waals surface area contributed by atoms with Crippen molar-refractivity contribution in [2.75, 3.05) is 6.54 Å². The predicted octanol–water partition coefficient (Wildman–Crippen LogP) is 3.12. The van der Waals surface area contributed by atoms with Gasteiger partial charge in [0.15, 0.2) is 0 Å². The molecular formula is C17H22N2O3S. The fourth-order valence-electron chi connectivity index (χ4n) is 2.20. The van der Waals surface area contributed by atoms with E-state index in [1.807, 2.05) is 45.9 Å². The van der Waals surface area contributed by atoms with Gasteiger partial charge in [0, 0.05) is 10.9 Å². The van der Waals surface area contributed by atoms with Crippen molar-refractivity contribution in [3.8, 4) is 0 Å². The first-order chi connectivity index (χ1) is 10.9. The van der Waals surface area contributed by atoms with Crippen LogP contribution in [0.2, 0.25) is 0 Å². The van der Waals surface area contributed by atoms with Gasteiger partial charge in [0.25, 0.3) is 5.91 Å². The van der Waals surface area contributed by atoms with E-state index in [9.17, 15) is 9.59 Å². The van der Waals surface area contributed by atoms with Gasteiger partial charge in [-0.05, 0) is 52.0 Å². The molecule has 124 valence electrons. The van der Waals surface area contributed by atoms with Gasteiger partial charge in [-0.1, -0.05) is 0 Å². The number of nitrogens with zero attached hydrogens (tertiary/aromatic N) is 1. The topological polar surface area (TPSA) is 62.6 Å². The van der Waals surface area contributed by atoms with Gasteiger partial charge in [-0.15, -0.1) is 11.3 Å². The van der Waals surface area contributed by atoms with Crippen LogP contribution < -0.4 is 5.32 Å². The minimum Gasteiger partial charge on any atom is -0.464 e. The molecule has 0 bridgehead atoms. The number of amides is 2. The molecule has 1 N–H and O–H groups in total. The number of aryl methyl sites for hydroxylation is 2. The maximum atomic E-state index is 12.4. The lowest BCUT2D eigenvalue weighted by atomic mass is 10.2. The molecule has 2 amide bonds. The van der Waals surface area contributed by atoms with E-state index in [0.717, 1.165) is 16.4 Å². The van der Waals surface area contributed by atoms with Crippen LogP contribution in [-0.2, 0) is 11.3 Å². The maximum absolute atomic E-state index is 12.4. The van der Waals surface area contributed by atoms with Crippen LogP contribution in [0.3, 0.4) is 0 Å². The van der Waals surface area contributed by atoms with E-state index in [2.05, 4.69) is 5.32 Å². The Morgan fingerprint density at radius 1 is 1.22 bits per heavy atom. The number of rotatable bonds is 6. The summed E-state index contributed by atoms with van der Waals surface area (Å²) in [5.74, 6) is 1.21. The molecule has 0 atom stereocenters. The number of hydrogen-bond acceptors (Lipinski definition) is 4. The monoisotopic (exact) mass is 334 g/mol. The van der Waals surface area contributed by atoms with Crippen molar-refractivity contribution >= 4 is 23.2 Å². The summed E-state index contributed by atoms with van der Waals surface area (Å²) >= 11 is 1.42. The summed E-state index contributed by atoms with van der Waals surface area (Å²) in [4.78, 5) is 27.8. The average Bonchev–Trinajstić information content (AvgIpc) is 3.10. The Hall–Kier alpha value is -2.08. The highest BCUT2D eigenvalue weighted by molar-refractivity contribution is 7.13. The lowest BCUT2D eigenvalue weighted by Crippen LogP contribution is -2.43. The van der Waals surface area contributed by atoms with E-state index in [4.69, 9.17) is 4.42 Å². The molecule has 23 heavy (non-hydrogen) atoms. The summed E-state index contributed by atoms with van der Waals surface area (Å²) in [5, 5.41) is 2.69. The summed E-state index contributed by atoms with van der Waals surface area (Å²) in [6.07, 6.45) is 0. The molecule has 0 aliphatic rings. The molecule has 2 aromatic heterocycles. The van der Waals surface area contributed by atoms with Crippen LogP contribution in [0.5, 0.6) is 0 Å². The Morgan fingerprint density at radius 2 is 1.96 bits per heavy atom. The standard InChI is InChI=1S/C17H22N2O3S/c1-11(2)19(10-14-7-5-12(3)22-14)16(20)9-18-17(21)15-8-6-13(4)23-15/h5-8,11H,9-10H2,1-4H3,(H,18,21). The summed E-state index contributed by atoms with van der Waals surface area (Å²) in [7, 11) is 0. The smallest absolute Gasteiger partial charge is 0.261 e. The third-order valence-electron chi connectivity index (χ3n) is 3.43. The summed E-state index contributed by atoms with van der Waals surface area (Å²) < 4.78 is 5.53. The molecule has 2 heterocycles. The van der Waals surface area contributed by atoms with Gasteiger partial charge in [-0.3, -0.25) is 9.59 Å². The van der Waals surface area contributed by atoms with Crippen LogP contribution in [0, 0.1) is 13.8 Å². The molecule has 0 unspecified atom stereocenters. The quantitative estimate of drug-likeness (QED) is 0.883. The van der Waals surface area contributed by atoms with Crippen molar-refractivity contribution in [3.05, 3.63) is 45.5 Å². The average molecular weight is 334 g/mol. The minimum absolute atomic E-state index is 0.0202. The van der Waals surface area contributed by atoms with E-state index >= 15 is 0 Å². The van der Waals surface area contributed by atoms with E-state index in [0.29, 0.717) is 11.4 Å². The molecule has 5 nitrogen and oxygen atoms in total. The van der Waals surface area contributed by atoms with Gasteiger partial charge in [0.1, 0.15) is 11.5 Å². The van der Waals surface area contributed by atoms with Crippen LogP contribution >= 0.6 is 11.3 Å². The van der Waals surface area contributed by atoms with Gasteiger partial charge < -0.3 is 14.6 Å². The van der Waals surface area contributed by atoms with Crippen molar-refractivity contribution in [1.82, 2.24) is 10.2 Å². The first kappa shape index (κ1) is 17.3. The van der Waals surface area contributed by atoms with Crippen molar-refractivity contribution < 1.29 is 14.0 Å². The molecule has 0 aliphatic heterocycles. The highest BCUT2D eigenvalue weighted by atomic mass is 32.1. The first-order valence-corrected chi connectivity index (χ1v) is 8.38. The lowest BCUT2D eigenvalue weighted by Gasteiger charge is -2.26. The van der Waals surface area contributed by atoms with Gasteiger partial charge in [-0.25, -0.2) is 0 Å². The second-order valence-corrected chi connectivity index (χ2v) is 7.01. The molecule has 0 saturated heterocycles. The highest BCUT2D eigenvalue weighted by Gasteiger charge is 2.20. The van der Waals surface area contributed by atoms with Gasteiger partial charge in [0.05, 0.1) is 18.0 Å². The Balaban J connectivity index is 1.94. The molecule has 0 aliphatic carbocycles. The van der Waals surface area contributed by atoms with Gasteiger partial charge >= 0.3 is 0 Å². The van der Waals surface area contributed by atoms with Crippen LogP contribution in [-0.4, -0.2) is 29.3 Å². The third kappa shape index (κ3) is 4.69. The molecule has 6 heteroatoms. The third-order valence-corrected chi connectivity index (χ3v) is 4.43. The SMILES string of the molecule is Cc1ccc(CN(C(=O)CNC(=O)c2ccc(C)s2)C(C)C)o1. The predicted molar refractivity (Wildman–Crippen MR) is 90.5 cm³/mol. The van der Waals surface area contributed by atoms with Crippen molar-refractivity contribution in [1.29, 1.82) is 0 Å².